The Labute approximate surface area is 175 Å². The van der Waals surface area contributed by atoms with Gasteiger partial charge in [0.25, 0.3) is 11.6 Å². The first-order valence-corrected chi connectivity index (χ1v) is 9.05. The minimum atomic E-state index is -0.526. The largest absolute Gasteiger partial charge is 0.352 e. The number of carbonyl (C=O) groups is 2. The van der Waals surface area contributed by atoms with Crippen molar-refractivity contribution in [1.82, 2.24) is 10.2 Å². The van der Waals surface area contributed by atoms with Gasteiger partial charge in [0.05, 0.1) is 4.92 Å². The van der Waals surface area contributed by atoms with E-state index in [9.17, 15) is 19.7 Å². The molecule has 0 radical (unpaired) electrons. The second-order valence-electron chi connectivity index (χ2n) is 6.21. The summed E-state index contributed by atoms with van der Waals surface area (Å²) in [7, 11) is 0. The highest BCUT2D eigenvalue weighted by atomic mass is 35.5. The van der Waals surface area contributed by atoms with Crippen molar-refractivity contribution in [3.05, 3.63) is 75.8 Å². The number of non-ortho nitro benzene ring substituents is 1. The average Bonchev–Trinajstić information content (AvgIpc) is 2.71. The number of hydrogen-bond donors (Lipinski definition) is 2. The van der Waals surface area contributed by atoms with Crippen LogP contribution in [0.15, 0.2) is 54.6 Å². The van der Waals surface area contributed by atoms with Gasteiger partial charge in [-0.2, -0.15) is 0 Å². The van der Waals surface area contributed by atoms with Crippen LogP contribution in [-0.2, 0) is 11.2 Å². The highest BCUT2D eigenvalue weighted by Gasteiger charge is 2.14. The third-order valence-corrected chi connectivity index (χ3v) is 4.23. The SMILES string of the molecule is Cl.NCCN(CCc1ccccc1)C(=O)CCNC(=O)c1ccc([N+](=O)[O-])cc1. The first-order chi connectivity index (χ1) is 13.5. The molecule has 0 bridgehead atoms. The van der Waals surface area contributed by atoms with Crippen molar-refractivity contribution < 1.29 is 14.5 Å². The van der Waals surface area contributed by atoms with Crippen LogP contribution in [0.2, 0.25) is 0 Å². The number of hydrogen-bond acceptors (Lipinski definition) is 5. The number of nitrogens with one attached hydrogen (secondary N) is 1. The highest BCUT2D eigenvalue weighted by Crippen LogP contribution is 2.11. The molecule has 9 heteroatoms. The van der Waals surface area contributed by atoms with E-state index in [0.29, 0.717) is 25.2 Å². The zero-order chi connectivity index (χ0) is 20.4. The van der Waals surface area contributed by atoms with Gasteiger partial charge in [-0.05, 0) is 24.1 Å². The van der Waals surface area contributed by atoms with E-state index in [0.717, 1.165) is 12.0 Å². The van der Waals surface area contributed by atoms with Crippen molar-refractivity contribution in [2.45, 2.75) is 12.8 Å². The molecule has 0 fully saturated rings. The molecule has 0 heterocycles. The Bertz CT molecular complexity index is 800. The van der Waals surface area contributed by atoms with Crippen LogP contribution in [-0.4, -0.2) is 47.8 Å². The lowest BCUT2D eigenvalue weighted by molar-refractivity contribution is -0.384. The van der Waals surface area contributed by atoms with E-state index >= 15 is 0 Å². The predicted molar refractivity (Wildman–Crippen MR) is 113 cm³/mol. The van der Waals surface area contributed by atoms with E-state index in [1.807, 2.05) is 30.3 Å². The number of carbonyl (C=O) groups excluding carboxylic acids is 2. The molecule has 29 heavy (non-hydrogen) atoms. The Hall–Kier alpha value is -2.97. The molecule has 0 saturated carbocycles. The summed E-state index contributed by atoms with van der Waals surface area (Å²) in [6.07, 6.45) is 0.898. The number of amides is 2. The average molecular weight is 421 g/mol. The normalized spacial score (nSPS) is 9.97. The molecule has 0 aliphatic carbocycles. The third kappa shape index (κ3) is 7.89. The molecule has 2 rings (SSSR count). The van der Waals surface area contributed by atoms with Crippen LogP contribution in [0.25, 0.3) is 0 Å². The number of halogens is 1. The molecule has 0 aromatic heterocycles. The summed E-state index contributed by atoms with van der Waals surface area (Å²) in [6, 6.07) is 15.2. The Kier molecular flexibility index (Phi) is 10.4. The Morgan fingerprint density at radius 1 is 1.03 bits per heavy atom. The number of nitrogens with zero attached hydrogens (tertiary/aromatic N) is 2. The molecule has 0 atom stereocenters. The Balaban J connectivity index is 0.00000420. The van der Waals surface area contributed by atoms with Gasteiger partial charge in [-0.3, -0.25) is 19.7 Å². The minimum absolute atomic E-state index is 0. The van der Waals surface area contributed by atoms with Crippen molar-refractivity contribution in [2.24, 2.45) is 5.73 Å². The molecule has 0 aliphatic heterocycles. The summed E-state index contributed by atoms with van der Waals surface area (Å²) >= 11 is 0. The smallest absolute Gasteiger partial charge is 0.269 e. The molecule has 2 amide bonds. The van der Waals surface area contributed by atoms with Gasteiger partial charge >= 0.3 is 0 Å². The first kappa shape index (κ1) is 24.1. The molecule has 0 aliphatic rings. The summed E-state index contributed by atoms with van der Waals surface area (Å²) in [6.45, 7) is 1.58. The Morgan fingerprint density at radius 2 is 1.69 bits per heavy atom. The quantitative estimate of drug-likeness (QED) is 0.451. The zero-order valence-electron chi connectivity index (χ0n) is 16.0. The van der Waals surface area contributed by atoms with Crippen LogP contribution in [0.1, 0.15) is 22.3 Å². The second-order valence-corrected chi connectivity index (χ2v) is 6.21. The van der Waals surface area contributed by atoms with Crippen molar-refractivity contribution in [3.8, 4) is 0 Å². The van der Waals surface area contributed by atoms with Gasteiger partial charge in [-0.1, -0.05) is 30.3 Å². The van der Waals surface area contributed by atoms with Gasteiger partial charge in [0.1, 0.15) is 0 Å². The van der Waals surface area contributed by atoms with Gasteiger partial charge in [-0.15, -0.1) is 12.4 Å². The van der Waals surface area contributed by atoms with E-state index in [-0.39, 0.29) is 42.9 Å². The lowest BCUT2D eigenvalue weighted by Crippen LogP contribution is -2.38. The van der Waals surface area contributed by atoms with Crippen LogP contribution in [0.5, 0.6) is 0 Å². The summed E-state index contributed by atoms with van der Waals surface area (Å²) in [5, 5.41) is 13.3. The van der Waals surface area contributed by atoms with Crippen molar-refractivity contribution >= 4 is 29.9 Å². The lowest BCUT2D eigenvalue weighted by Gasteiger charge is -2.22. The van der Waals surface area contributed by atoms with Crippen molar-refractivity contribution in [1.29, 1.82) is 0 Å². The van der Waals surface area contributed by atoms with Crippen LogP contribution in [0, 0.1) is 10.1 Å². The first-order valence-electron chi connectivity index (χ1n) is 9.05. The van der Waals surface area contributed by atoms with E-state index in [1.54, 1.807) is 4.90 Å². The maximum Gasteiger partial charge on any atom is 0.269 e. The molecule has 0 spiro atoms. The van der Waals surface area contributed by atoms with Gasteiger partial charge in [-0.25, -0.2) is 0 Å². The fraction of sp³-hybridized carbons (Fsp3) is 0.300. The molecular weight excluding hydrogens is 396 g/mol. The summed E-state index contributed by atoms with van der Waals surface area (Å²) in [5.41, 5.74) is 6.98. The lowest BCUT2D eigenvalue weighted by atomic mass is 10.1. The molecule has 156 valence electrons. The van der Waals surface area contributed by atoms with E-state index in [4.69, 9.17) is 5.73 Å². The maximum atomic E-state index is 12.4. The summed E-state index contributed by atoms with van der Waals surface area (Å²) in [5.74, 6) is -0.456. The number of rotatable bonds is 10. The Morgan fingerprint density at radius 3 is 2.28 bits per heavy atom. The predicted octanol–water partition coefficient (Wildman–Crippen LogP) is 2.17. The molecule has 8 nitrogen and oxygen atoms in total. The van der Waals surface area contributed by atoms with Gasteiger partial charge in [0.2, 0.25) is 5.91 Å². The van der Waals surface area contributed by atoms with Gasteiger partial charge < -0.3 is 16.0 Å². The van der Waals surface area contributed by atoms with E-state index in [2.05, 4.69) is 5.32 Å². The zero-order valence-corrected chi connectivity index (χ0v) is 16.8. The number of nitrogens with two attached hydrogens (primary N) is 1. The van der Waals surface area contributed by atoms with Crippen LogP contribution in [0.4, 0.5) is 5.69 Å². The topological polar surface area (TPSA) is 119 Å². The molecule has 0 unspecified atom stereocenters. The second kappa shape index (κ2) is 12.5. The number of nitro benzene ring substituents is 1. The minimum Gasteiger partial charge on any atom is -0.352 e. The highest BCUT2D eigenvalue weighted by molar-refractivity contribution is 5.94. The van der Waals surface area contributed by atoms with Crippen LogP contribution in [0.3, 0.4) is 0 Å². The fourth-order valence-electron chi connectivity index (χ4n) is 2.70. The standard InChI is InChI=1S/C20H24N4O4.ClH/c21-12-15-23(14-11-16-4-2-1-3-5-16)19(25)10-13-22-20(26)17-6-8-18(9-7-17)24(27)28;/h1-9H,10-15,21H2,(H,22,26);1H. The van der Waals surface area contributed by atoms with Crippen LogP contribution < -0.4 is 11.1 Å². The maximum absolute atomic E-state index is 12.4. The molecule has 2 aromatic carbocycles. The third-order valence-electron chi connectivity index (χ3n) is 4.23. The van der Waals surface area contributed by atoms with Crippen molar-refractivity contribution in [3.63, 3.8) is 0 Å². The van der Waals surface area contributed by atoms with Gasteiger partial charge in [0.15, 0.2) is 0 Å². The number of nitro groups is 1. The fourth-order valence-corrected chi connectivity index (χ4v) is 2.70. The molecule has 0 saturated heterocycles. The van der Waals surface area contributed by atoms with E-state index < -0.39 is 4.92 Å². The monoisotopic (exact) mass is 420 g/mol. The van der Waals surface area contributed by atoms with Gasteiger partial charge in [0, 0.05) is 50.3 Å². The van der Waals surface area contributed by atoms with E-state index in [1.165, 1.54) is 24.3 Å². The molecular formula is C20H25ClN4O4. The summed E-state index contributed by atoms with van der Waals surface area (Å²) in [4.78, 5) is 36.3. The van der Waals surface area contributed by atoms with Crippen LogP contribution >= 0.6 is 12.4 Å². The number of benzene rings is 2. The molecule has 3 N–H and O–H groups in total. The summed E-state index contributed by atoms with van der Waals surface area (Å²) < 4.78 is 0. The molecule has 2 aromatic rings. The van der Waals surface area contributed by atoms with Crippen molar-refractivity contribution in [2.75, 3.05) is 26.2 Å².